The van der Waals surface area contributed by atoms with E-state index in [0.29, 0.717) is 6.42 Å². The summed E-state index contributed by atoms with van der Waals surface area (Å²) in [4.78, 5) is 34.8. The molecule has 2 unspecified atom stereocenters. The molecule has 3 atom stereocenters. The van der Waals surface area contributed by atoms with Gasteiger partial charge in [-0.2, -0.15) is 0 Å². The number of hydroxylamine groups is 3. The molecule has 1 aliphatic heterocycles. The molecule has 0 bridgehead atoms. The first kappa shape index (κ1) is 19.4. The van der Waals surface area contributed by atoms with Crippen molar-refractivity contribution in [3.63, 3.8) is 0 Å². The minimum atomic E-state index is -1.16. The van der Waals surface area contributed by atoms with E-state index in [1.54, 1.807) is 20.8 Å². The molecule has 0 aromatic heterocycles. The summed E-state index contributed by atoms with van der Waals surface area (Å²) in [6, 6.07) is -0.961. The molecular weight excluding hydrogens is 304 g/mol. The Morgan fingerprint density at radius 3 is 2.57 bits per heavy atom. The number of piperidine rings is 1. The highest BCUT2D eigenvalue weighted by Gasteiger charge is 2.37. The van der Waals surface area contributed by atoms with Crippen molar-refractivity contribution in [3.8, 4) is 0 Å². The second kappa shape index (κ2) is 7.27. The Bertz CT molecular complexity index is 473. The Morgan fingerprint density at radius 1 is 1.48 bits per heavy atom. The molecular formula is C15H26N2O6. The van der Waals surface area contributed by atoms with Gasteiger partial charge >= 0.3 is 18.0 Å². The number of amides is 2. The average molecular weight is 330 g/mol. The van der Waals surface area contributed by atoms with Crippen molar-refractivity contribution in [1.29, 1.82) is 0 Å². The maximum atomic E-state index is 12.7. The van der Waals surface area contributed by atoms with Crippen LogP contribution in [0.5, 0.6) is 0 Å². The van der Waals surface area contributed by atoms with E-state index in [9.17, 15) is 19.6 Å². The molecule has 1 aliphatic rings. The predicted octanol–water partition coefficient (Wildman–Crippen LogP) is 1.63. The van der Waals surface area contributed by atoms with Crippen LogP contribution >= 0.6 is 0 Å². The van der Waals surface area contributed by atoms with E-state index in [-0.39, 0.29) is 25.4 Å². The molecule has 1 rings (SSSR count). The average Bonchev–Trinajstić information content (AvgIpc) is 2.31. The van der Waals surface area contributed by atoms with Gasteiger partial charge in [0.05, 0.1) is 25.4 Å². The minimum Gasteiger partial charge on any atom is -0.625 e. The van der Waals surface area contributed by atoms with Crippen molar-refractivity contribution in [2.75, 3.05) is 13.1 Å². The summed E-state index contributed by atoms with van der Waals surface area (Å²) in [6.45, 7) is 6.74. The highest BCUT2D eigenvalue weighted by Crippen LogP contribution is 2.24. The normalized spacial score (nSPS) is 26.5. The zero-order valence-electron chi connectivity index (χ0n) is 14.1. The molecule has 8 nitrogen and oxygen atoms in total. The van der Waals surface area contributed by atoms with E-state index in [1.165, 1.54) is 0 Å². The van der Waals surface area contributed by atoms with Crippen LogP contribution in [0.4, 0.5) is 4.79 Å². The van der Waals surface area contributed by atoms with Gasteiger partial charge < -0.3 is 20.4 Å². The molecule has 1 fully saturated rings. The fourth-order valence-corrected chi connectivity index (χ4v) is 2.52. The first-order valence-electron chi connectivity index (χ1n) is 7.74. The van der Waals surface area contributed by atoms with E-state index in [4.69, 9.17) is 9.84 Å². The molecule has 0 radical (unpaired) electrons. The summed E-state index contributed by atoms with van der Waals surface area (Å²) in [5.74, 6) is -1.47. The maximum Gasteiger partial charge on any atom is 0.408 e. The number of hydrogen-bond acceptors (Lipinski definition) is 5. The molecule has 0 aromatic rings. The zero-order chi connectivity index (χ0) is 17.8. The summed E-state index contributed by atoms with van der Waals surface area (Å²) in [5, 5.41) is 24.0. The van der Waals surface area contributed by atoms with Gasteiger partial charge in [0.2, 0.25) is 0 Å². The topological polar surface area (TPSA) is 116 Å². The number of quaternary nitrogens is 1. The summed E-state index contributed by atoms with van der Waals surface area (Å²) >= 11 is 0. The fraction of sp³-hybridized carbons (Fsp3) is 0.800. The van der Waals surface area contributed by atoms with Crippen molar-refractivity contribution in [3.05, 3.63) is 5.21 Å². The largest absolute Gasteiger partial charge is 0.625 e. The first-order valence-corrected chi connectivity index (χ1v) is 7.74. The number of hydrogen-bond donors (Lipinski definition) is 2. The van der Waals surface area contributed by atoms with Crippen molar-refractivity contribution in [1.82, 2.24) is 5.32 Å². The molecule has 0 spiro atoms. The molecule has 0 saturated carbocycles. The Hall–Kier alpha value is -1.67. The number of nitrogens with zero attached hydrogens (tertiary/aromatic N) is 1. The van der Waals surface area contributed by atoms with Gasteiger partial charge in [-0.15, -0.1) is 0 Å². The van der Waals surface area contributed by atoms with E-state index < -0.39 is 40.7 Å². The number of ether oxygens (including phenoxy) is 1. The Balaban J connectivity index is 2.76. The third kappa shape index (κ3) is 6.54. The van der Waals surface area contributed by atoms with Crippen molar-refractivity contribution < 1.29 is 28.9 Å². The number of likely N-dealkylation sites (tertiary alicyclic amines) is 1. The van der Waals surface area contributed by atoms with Crippen LogP contribution in [0.1, 0.15) is 47.0 Å². The van der Waals surface area contributed by atoms with Crippen molar-refractivity contribution in [2.24, 2.45) is 5.92 Å². The lowest BCUT2D eigenvalue weighted by molar-refractivity contribution is -0.810. The minimum absolute atomic E-state index is 0.103. The maximum absolute atomic E-state index is 12.7. The third-order valence-corrected chi connectivity index (χ3v) is 3.62. The van der Waals surface area contributed by atoms with Gasteiger partial charge in [-0.1, -0.05) is 6.92 Å². The Labute approximate surface area is 136 Å². The number of carboxylic acid groups (broad SMARTS) is 1. The number of nitrogens with one attached hydrogen (secondary N) is 1. The molecule has 1 heterocycles. The number of carbonyl (C=O) groups is 3. The molecule has 1 saturated heterocycles. The lowest BCUT2D eigenvalue weighted by Crippen LogP contribution is -2.58. The lowest BCUT2D eigenvalue weighted by atomic mass is 9.97. The fourth-order valence-electron chi connectivity index (χ4n) is 2.52. The van der Waals surface area contributed by atoms with Gasteiger partial charge in [0.25, 0.3) is 0 Å². The van der Waals surface area contributed by atoms with Crippen LogP contribution in [0.25, 0.3) is 0 Å². The molecule has 8 heteroatoms. The van der Waals surface area contributed by atoms with E-state index in [2.05, 4.69) is 5.32 Å². The van der Waals surface area contributed by atoms with Crippen molar-refractivity contribution in [2.45, 2.75) is 58.6 Å². The van der Waals surface area contributed by atoms with E-state index in [1.807, 2.05) is 6.92 Å². The van der Waals surface area contributed by atoms with Crippen LogP contribution in [0.15, 0.2) is 0 Å². The van der Waals surface area contributed by atoms with Gasteiger partial charge in [-0.05, 0) is 26.7 Å². The van der Waals surface area contributed by atoms with Crippen LogP contribution in [0.3, 0.4) is 0 Å². The van der Waals surface area contributed by atoms with Gasteiger partial charge in [-0.3, -0.25) is 9.44 Å². The smallest absolute Gasteiger partial charge is 0.408 e. The summed E-state index contributed by atoms with van der Waals surface area (Å²) in [6.07, 6.45) is -0.463. The number of alkyl carbamates (subject to hydrolysis) is 1. The second-order valence-electron chi connectivity index (χ2n) is 7.23. The van der Waals surface area contributed by atoms with Gasteiger partial charge in [-0.25, -0.2) is 9.59 Å². The molecule has 2 N–H and O–H groups in total. The number of carbonyl (C=O) groups excluding carboxylic acids is 2. The van der Waals surface area contributed by atoms with Crippen LogP contribution < -0.4 is 5.32 Å². The van der Waals surface area contributed by atoms with Gasteiger partial charge in [0, 0.05) is 6.42 Å². The summed E-state index contributed by atoms with van der Waals surface area (Å²) in [7, 11) is 0. The SMILES string of the molecule is CC1CC[N+]([O-])(C[C@H](CC(=O)O)NC(=O)OC(C)(C)C)C(=O)C1. The van der Waals surface area contributed by atoms with Crippen LogP contribution in [-0.4, -0.2) is 52.5 Å². The quantitative estimate of drug-likeness (QED) is 0.584. The van der Waals surface area contributed by atoms with Crippen LogP contribution in [0.2, 0.25) is 0 Å². The highest BCUT2D eigenvalue weighted by molar-refractivity contribution is 5.72. The molecule has 132 valence electrons. The third-order valence-electron chi connectivity index (χ3n) is 3.62. The monoisotopic (exact) mass is 330 g/mol. The van der Waals surface area contributed by atoms with Gasteiger partial charge in [0.1, 0.15) is 12.1 Å². The lowest BCUT2D eigenvalue weighted by Gasteiger charge is -2.45. The molecule has 0 aromatic carbocycles. The predicted molar refractivity (Wildman–Crippen MR) is 82.2 cm³/mol. The number of aliphatic carboxylic acids is 1. The van der Waals surface area contributed by atoms with E-state index in [0.717, 1.165) is 0 Å². The summed E-state index contributed by atoms with van der Waals surface area (Å²) in [5.41, 5.74) is -0.738. The van der Waals surface area contributed by atoms with Crippen molar-refractivity contribution >= 4 is 18.0 Å². The zero-order valence-corrected chi connectivity index (χ0v) is 14.1. The van der Waals surface area contributed by atoms with Crippen LogP contribution in [0, 0.1) is 11.1 Å². The van der Waals surface area contributed by atoms with Gasteiger partial charge in [0.15, 0.2) is 0 Å². The standard InChI is InChI=1S/C15H26N2O6/c1-10-5-6-17(22,12(18)7-10)9-11(8-13(19)20)16-14(21)23-15(2,3)4/h10-11H,5-9H2,1-4H3,(H,16,21)(H,19,20)/t10?,11-,17?/m0/s1. The van der Waals surface area contributed by atoms with E-state index >= 15 is 0 Å². The Morgan fingerprint density at radius 2 is 2.09 bits per heavy atom. The Kier molecular flexibility index (Phi) is 6.12. The van der Waals surface area contributed by atoms with Crippen LogP contribution in [-0.2, 0) is 14.3 Å². The summed E-state index contributed by atoms with van der Waals surface area (Å²) < 4.78 is 3.98. The second-order valence-corrected chi connectivity index (χ2v) is 7.23. The molecule has 0 aliphatic carbocycles. The molecule has 23 heavy (non-hydrogen) atoms. The number of carboxylic acids is 1. The number of rotatable bonds is 5. The first-order chi connectivity index (χ1) is 10.4. The molecule has 2 amide bonds. The highest BCUT2D eigenvalue weighted by atomic mass is 16.6.